The topological polar surface area (TPSA) is 139 Å². The molecule has 61 heavy (non-hydrogen) atoms. The molecule has 5 aromatic rings. The smallest absolute Gasteiger partial charge is 0.335 e. The number of anilines is 1. The zero-order chi connectivity index (χ0) is 42.1. The van der Waals surface area contributed by atoms with Crippen LogP contribution in [0.15, 0.2) is 91.0 Å². The molecule has 4 unspecified atom stereocenters. The van der Waals surface area contributed by atoms with Crippen molar-refractivity contribution in [3.05, 3.63) is 125 Å². The third kappa shape index (κ3) is 8.20. The van der Waals surface area contributed by atoms with Crippen LogP contribution < -0.4 is 29.4 Å². The number of aliphatic hydroxyl groups excluding tert-OH is 1. The first-order chi connectivity index (χ1) is 29.7. The first kappa shape index (κ1) is 40.3. The lowest BCUT2D eigenvalue weighted by Gasteiger charge is -2.40. The molecule has 1 aromatic heterocycles. The van der Waals surface area contributed by atoms with E-state index in [0.29, 0.717) is 18.5 Å². The molecule has 4 atom stereocenters. The second kappa shape index (κ2) is 17.1. The van der Waals surface area contributed by atoms with Gasteiger partial charge in [-0.15, -0.1) is 0 Å². The molecule has 10 heteroatoms. The number of ether oxygens (including phenoxy) is 3. The highest BCUT2D eigenvalue weighted by Gasteiger charge is 2.42. The number of rotatable bonds is 10. The Morgan fingerprint density at radius 2 is 1.80 bits per heavy atom. The number of fused-ring (bicyclic) bond motifs is 8. The number of hydrogen-bond donors (Lipinski definition) is 4. The van der Waals surface area contributed by atoms with Gasteiger partial charge in [0.1, 0.15) is 24.0 Å². The van der Waals surface area contributed by atoms with Gasteiger partial charge in [-0.1, -0.05) is 128 Å². The van der Waals surface area contributed by atoms with Gasteiger partial charge in [0, 0.05) is 6.42 Å². The molecular weight excluding hydrogens is 767 g/mol. The summed E-state index contributed by atoms with van der Waals surface area (Å²) in [5.74, 6) is 7.83. The standard InChI is InChI=1S/C51H52N3O7/c1-51(22-6-7-23-51)43-29-40-35-12-8-11-33(27-35)28-36(14-17-37-31-54(25-24-52-37)50(40)53-43)44-46(58)49(59-2)48(60-26-21-39(56)18-13-32-9-4-3-5-10-32)45-41(57)30-42(61-47(44)45)34-15-19-38(55)20-16-34/h3-5,8-13,15-16,18-20,27,29,36-37,39,42,52,55-56H,6-7,21-26,28,30-31H2,1-2H3,(H,57,58)/q-1/p+1. The summed E-state index contributed by atoms with van der Waals surface area (Å²) in [5, 5.41) is 36.9. The van der Waals surface area contributed by atoms with E-state index in [1.54, 1.807) is 30.3 Å². The minimum atomic E-state index is -0.813. The van der Waals surface area contributed by atoms with E-state index in [1.807, 2.05) is 36.4 Å². The van der Waals surface area contributed by atoms with Crippen LogP contribution in [0, 0.1) is 11.8 Å². The fraction of sp³-hybridized carbons (Fsp3) is 0.353. The lowest BCUT2D eigenvalue weighted by atomic mass is 9.84. The molecule has 5 N–H and O–H groups in total. The maximum atomic E-state index is 12.4. The van der Waals surface area contributed by atoms with Gasteiger partial charge in [0.2, 0.25) is 5.75 Å². The van der Waals surface area contributed by atoms with Gasteiger partial charge in [-0.3, -0.25) is 4.79 Å². The van der Waals surface area contributed by atoms with E-state index in [4.69, 9.17) is 19.2 Å². The van der Waals surface area contributed by atoms with Crippen LogP contribution in [-0.2, 0) is 11.8 Å². The van der Waals surface area contributed by atoms with Gasteiger partial charge in [0.15, 0.2) is 17.1 Å². The molecule has 4 aliphatic rings. The van der Waals surface area contributed by atoms with Gasteiger partial charge in [0.25, 0.3) is 0 Å². The van der Waals surface area contributed by atoms with E-state index in [2.05, 4.69) is 59.3 Å². The van der Waals surface area contributed by atoms with Crippen molar-refractivity contribution in [2.75, 3.05) is 38.3 Å². The Bertz CT molecular complexity index is 2490. The summed E-state index contributed by atoms with van der Waals surface area (Å²) < 4.78 is 19.1. The number of nitrogens with zero attached hydrogens (tertiary/aromatic N) is 2. The highest BCUT2D eigenvalue weighted by molar-refractivity contribution is 6.05. The number of benzene rings is 4. The molecule has 1 saturated heterocycles. The zero-order valence-electron chi connectivity index (χ0n) is 34.7. The number of nitrogens with one attached hydrogen (secondary N) is 1. The Kier molecular flexibility index (Phi) is 11.3. The summed E-state index contributed by atoms with van der Waals surface area (Å²) in [4.78, 5) is 19.7. The van der Waals surface area contributed by atoms with E-state index < -0.39 is 18.1 Å². The fourth-order valence-electron chi connectivity index (χ4n) is 9.37. The Balaban J connectivity index is 1.13. The van der Waals surface area contributed by atoms with Gasteiger partial charge in [0.05, 0.1) is 37.3 Å². The molecule has 1 saturated carbocycles. The Hall–Kier alpha value is -6.15. The maximum absolute atomic E-state index is 12.4. The first-order valence-corrected chi connectivity index (χ1v) is 21.5. The summed E-state index contributed by atoms with van der Waals surface area (Å²) in [6, 6.07) is 27.1. The number of aliphatic hydroxyl groups is 1. The number of phenols is 2. The van der Waals surface area contributed by atoms with E-state index in [1.165, 1.54) is 20.0 Å². The number of aromatic hydroxyl groups is 2. The number of hydrogen-bond acceptors (Lipinski definition) is 8. The molecule has 0 radical (unpaired) electrons. The van der Waals surface area contributed by atoms with Crippen LogP contribution in [0.4, 0.5) is 5.82 Å². The van der Waals surface area contributed by atoms with E-state index in [0.717, 1.165) is 65.3 Å². The molecular formula is C51H53N3O7. The molecule has 9 rings (SSSR count). The van der Waals surface area contributed by atoms with Crippen LogP contribution in [0.1, 0.15) is 91.0 Å². The second-order valence-corrected chi connectivity index (χ2v) is 17.0. The largest absolute Gasteiger partial charge is 0.508 e. The third-order valence-electron chi connectivity index (χ3n) is 12.7. The Morgan fingerprint density at radius 1 is 1.00 bits per heavy atom. The summed E-state index contributed by atoms with van der Waals surface area (Å²) >= 11 is 0. The van der Waals surface area contributed by atoms with Crippen molar-refractivity contribution in [1.29, 1.82) is 0 Å². The normalized spacial score (nSPS) is 20.9. The number of methoxy groups -OCH3 is 1. The summed E-state index contributed by atoms with van der Waals surface area (Å²) in [6.45, 7) is 4.58. The van der Waals surface area contributed by atoms with Crippen LogP contribution in [0.2, 0.25) is 0 Å². The van der Waals surface area contributed by atoms with Crippen molar-refractivity contribution in [2.45, 2.75) is 81.5 Å². The van der Waals surface area contributed by atoms with E-state index in [9.17, 15) is 20.1 Å². The highest BCUT2D eigenvalue weighted by Crippen LogP contribution is 2.55. The van der Waals surface area contributed by atoms with Crippen LogP contribution in [0.5, 0.6) is 28.7 Å². The molecule has 2 fully saturated rings. The fourth-order valence-corrected chi connectivity index (χ4v) is 9.37. The molecule has 314 valence electrons. The molecule has 0 amide bonds. The van der Waals surface area contributed by atoms with Crippen LogP contribution in [0.25, 0.3) is 17.2 Å². The minimum absolute atomic E-state index is 0.00547. The zero-order valence-corrected chi connectivity index (χ0v) is 34.7. The molecule has 4 heterocycles. The third-order valence-corrected chi connectivity index (χ3v) is 12.7. The van der Waals surface area contributed by atoms with Crippen molar-refractivity contribution in [2.24, 2.45) is 0 Å². The average molecular weight is 820 g/mol. The number of carbonyl (C=O) groups excluding carboxylic acids is 1. The highest BCUT2D eigenvalue weighted by atomic mass is 16.5. The molecule has 4 bridgehead atoms. The molecule has 4 aromatic carbocycles. The van der Waals surface area contributed by atoms with Crippen molar-refractivity contribution in [1.82, 2.24) is 10.3 Å². The van der Waals surface area contributed by atoms with Gasteiger partial charge in [-0.25, -0.2) is 0 Å². The predicted octanol–water partition coefficient (Wildman–Crippen LogP) is 7.94. The Labute approximate surface area is 357 Å². The quantitative estimate of drug-likeness (QED) is 0.0817. The maximum Gasteiger partial charge on any atom is 0.335 e. The van der Waals surface area contributed by atoms with E-state index in [-0.39, 0.29) is 71.0 Å². The van der Waals surface area contributed by atoms with E-state index >= 15 is 0 Å². The number of piperazine rings is 1. The average Bonchev–Trinajstić information content (AvgIpc) is 3.93. The van der Waals surface area contributed by atoms with Crippen molar-refractivity contribution in [3.8, 4) is 51.7 Å². The van der Waals surface area contributed by atoms with Crippen LogP contribution >= 0.6 is 0 Å². The first-order valence-electron chi connectivity index (χ1n) is 21.5. The summed E-state index contributed by atoms with van der Waals surface area (Å²) in [5.41, 5.74) is 6.80. The Morgan fingerprint density at radius 3 is 2.59 bits per heavy atom. The van der Waals surface area contributed by atoms with Gasteiger partial charge >= 0.3 is 5.78 Å². The lowest BCUT2D eigenvalue weighted by molar-refractivity contribution is 0.172. The second-order valence-electron chi connectivity index (χ2n) is 17.0. The molecule has 1 aliphatic carbocycles. The van der Waals surface area contributed by atoms with Crippen molar-refractivity contribution >= 4 is 17.7 Å². The monoisotopic (exact) mass is 819 g/mol. The number of aromatic nitrogens is 1. The van der Waals surface area contributed by atoms with Crippen molar-refractivity contribution in [3.63, 3.8) is 0 Å². The van der Waals surface area contributed by atoms with Crippen molar-refractivity contribution < 1.29 is 34.3 Å². The van der Waals surface area contributed by atoms with Gasteiger partial charge < -0.3 is 44.7 Å². The number of ketones is 1. The van der Waals surface area contributed by atoms with Crippen LogP contribution in [-0.4, -0.2) is 71.4 Å². The lowest BCUT2D eigenvalue weighted by Crippen LogP contribution is -2.50. The van der Waals surface area contributed by atoms with Gasteiger partial charge in [-0.2, -0.15) is 0 Å². The van der Waals surface area contributed by atoms with Crippen LogP contribution in [0.3, 0.4) is 0 Å². The predicted molar refractivity (Wildman–Crippen MR) is 238 cm³/mol. The molecule has 3 aliphatic heterocycles. The molecule has 0 spiro atoms. The van der Waals surface area contributed by atoms with Gasteiger partial charge in [-0.05, 0) is 84.3 Å². The summed E-state index contributed by atoms with van der Waals surface area (Å²) in [6.07, 6.45) is 7.57. The SMILES string of the molecule is COc1c(O)c(C2C#CC3CN(CCN3)c3[n-]c(C4(C)CCCC4)cc3-c3cccc(c3)C2)c2c(c1OCCC(O)C=Cc1ccccc1)C(=[OH+])CC(c1ccc(O)cc1)O2. The minimum Gasteiger partial charge on any atom is -0.508 e. The number of phenolic OH excluding ortho intramolecular Hbond substituents is 2. The summed E-state index contributed by atoms with van der Waals surface area (Å²) in [7, 11) is 1.46. The molecule has 10 nitrogen and oxygen atoms in total.